The molecule has 100 valence electrons. The van der Waals surface area contributed by atoms with Crippen LogP contribution in [-0.2, 0) is 4.79 Å². The van der Waals surface area contributed by atoms with E-state index in [0.717, 1.165) is 11.3 Å². The van der Waals surface area contributed by atoms with Crippen LogP contribution in [0.5, 0.6) is 0 Å². The number of benzene rings is 2. The first kappa shape index (κ1) is 12.9. The first-order chi connectivity index (χ1) is 9.72. The topological polar surface area (TPSA) is 53.8 Å². The first-order valence-corrected chi connectivity index (χ1v) is 7.25. The molecule has 0 bridgehead atoms. The van der Waals surface area contributed by atoms with Crippen molar-refractivity contribution in [1.29, 1.82) is 0 Å². The minimum Gasteiger partial charge on any atom is -0.303 e. The van der Waals surface area contributed by atoms with Crippen LogP contribution in [0.3, 0.4) is 0 Å². The number of thioether (sulfide) groups is 1. The molecule has 1 aliphatic heterocycles. The van der Waals surface area contributed by atoms with E-state index in [1.54, 1.807) is 0 Å². The molecule has 3 rings (SSSR count). The zero-order valence-corrected chi connectivity index (χ0v) is 11.8. The third-order valence-corrected chi connectivity index (χ3v) is 3.91. The Balaban J connectivity index is 1.88. The van der Waals surface area contributed by atoms with Gasteiger partial charge in [0, 0.05) is 0 Å². The average molecular weight is 283 g/mol. The third-order valence-electron chi connectivity index (χ3n) is 3.04. The van der Waals surface area contributed by atoms with E-state index in [2.05, 4.69) is 39.8 Å². The second-order valence-corrected chi connectivity index (χ2v) is 5.45. The zero-order chi connectivity index (χ0) is 13.9. The Morgan fingerprint density at radius 2 is 2.00 bits per heavy atom. The van der Waals surface area contributed by atoms with Gasteiger partial charge in [-0.25, -0.2) is 0 Å². The Morgan fingerprint density at radius 1 is 1.20 bits per heavy atom. The molecule has 1 amide bonds. The summed E-state index contributed by atoms with van der Waals surface area (Å²) in [6.45, 7) is 1.91. The van der Waals surface area contributed by atoms with Crippen LogP contribution in [0.1, 0.15) is 12.5 Å². The van der Waals surface area contributed by atoms with E-state index in [-0.39, 0.29) is 5.91 Å². The van der Waals surface area contributed by atoms with Gasteiger partial charge in [-0.15, -0.1) is 5.10 Å². The molecule has 1 N–H and O–H groups in total. The summed E-state index contributed by atoms with van der Waals surface area (Å²) in [5.41, 5.74) is 1.85. The lowest BCUT2D eigenvalue weighted by Gasteiger charge is -2.02. The monoisotopic (exact) mass is 283 g/mol. The third kappa shape index (κ3) is 2.72. The van der Waals surface area contributed by atoms with Gasteiger partial charge < -0.3 is 5.32 Å². The van der Waals surface area contributed by atoms with Gasteiger partial charge >= 0.3 is 0 Å². The number of fused-ring (bicyclic) bond motifs is 1. The van der Waals surface area contributed by atoms with Gasteiger partial charge in [0.2, 0.25) is 5.91 Å². The van der Waals surface area contributed by atoms with E-state index < -0.39 is 0 Å². The van der Waals surface area contributed by atoms with Crippen molar-refractivity contribution < 1.29 is 4.79 Å². The average Bonchev–Trinajstić information content (AvgIpc) is 2.90. The lowest BCUT2D eigenvalue weighted by molar-refractivity contribution is -0.116. The predicted octanol–water partition coefficient (Wildman–Crippen LogP) is 2.78. The molecule has 20 heavy (non-hydrogen) atoms. The smallest absolute Gasteiger partial charge is 0.236 e. The first-order valence-electron chi connectivity index (χ1n) is 6.26. The molecule has 1 aliphatic rings. The highest BCUT2D eigenvalue weighted by Crippen LogP contribution is 2.16. The maximum absolute atomic E-state index is 11.1. The molecule has 5 heteroatoms. The van der Waals surface area contributed by atoms with Gasteiger partial charge in [-0.2, -0.15) is 5.10 Å². The van der Waals surface area contributed by atoms with Gasteiger partial charge in [0.15, 0.2) is 5.17 Å². The Bertz CT molecular complexity index is 737. The number of nitrogens with zero attached hydrogens (tertiary/aromatic N) is 2. The molecule has 0 saturated carbocycles. The lowest BCUT2D eigenvalue weighted by atomic mass is 10.0. The van der Waals surface area contributed by atoms with Gasteiger partial charge in [-0.05, 0) is 29.3 Å². The Kier molecular flexibility index (Phi) is 3.52. The number of amidine groups is 1. The van der Waals surface area contributed by atoms with Crippen LogP contribution in [-0.4, -0.2) is 22.5 Å². The fraction of sp³-hybridized carbons (Fsp3) is 0.133. The molecule has 0 aliphatic carbocycles. The van der Waals surface area contributed by atoms with Crippen LogP contribution < -0.4 is 5.32 Å². The van der Waals surface area contributed by atoms with Crippen LogP contribution in [0, 0.1) is 0 Å². The summed E-state index contributed by atoms with van der Waals surface area (Å²) in [6, 6.07) is 14.4. The number of hydrogen-bond donors (Lipinski definition) is 1. The number of carbonyl (C=O) groups excluding carboxylic acids is 1. The van der Waals surface area contributed by atoms with E-state index >= 15 is 0 Å². The molecule has 0 atom stereocenters. The molecule has 0 radical (unpaired) electrons. The van der Waals surface area contributed by atoms with Crippen molar-refractivity contribution in [3.63, 3.8) is 0 Å². The van der Waals surface area contributed by atoms with Crippen LogP contribution in [0.25, 0.3) is 10.8 Å². The Labute approximate surface area is 121 Å². The molecule has 1 saturated heterocycles. The molecule has 1 fully saturated rings. The lowest BCUT2D eigenvalue weighted by Crippen LogP contribution is -2.19. The van der Waals surface area contributed by atoms with E-state index in [4.69, 9.17) is 0 Å². The predicted molar refractivity (Wildman–Crippen MR) is 84.2 cm³/mol. The quantitative estimate of drug-likeness (QED) is 0.680. The second-order valence-electron chi connectivity index (χ2n) is 4.49. The summed E-state index contributed by atoms with van der Waals surface area (Å²) in [6.07, 6.45) is 0. The SMILES string of the molecule is C/C(=N\N=C1/NC(=O)CS1)c1ccc2ccccc2c1. The van der Waals surface area contributed by atoms with Crippen LogP contribution in [0.2, 0.25) is 0 Å². The summed E-state index contributed by atoms with van der Waals surface area (Å²) in [5.74, 6) is 0.399. The molecular weight excluding hydrogens is 270 g/mol. The summed E-state index contributed by atoms with van der Waals surface area (Å²) >= 11 is 1.37. The highest BCUT2D eigenvalue weighted by atomic mass is 32.2. The van der Waals surface area contributed by atoms with Crippen LogP contribution in [0.15, 0.2) is 52.7 Å². The molecule has 2 aromatic carbocycles. The molecule has 4 nitrogen and oxygen atoms in total. The van der Waals surface area contributed by atoms with Crippen molar-refractivity contribution in [2.75, 3.05) is 5.75 Å². The van der Waals surface area contributed by atoms with Gasteiger partial charge in [0.25, 0.3) is 0 Å². The number of nitrogens with one attached hydrogen (secondary N) is 1. The van der Waals surface area contributed by atoms with Crippen molar-refractivity contribution in [3.05, 3.63) is 48.0 Å². The van der Waals surface area contributed by atoms with Crippen LogP contribution >= 0.6 is 11.8 Å². The van der Waals surface area contributed by atoms with Crippen LogP contribution in [0.4, 0.5) is 0 Å². The van der Waals surface area contributed by atoms with Crippen molar-refractivity contribution in [2.24, 2.45) is 10.2 Å². The van der Waals surface area contributed by atoms with Gasteiger partial charge in [0.1, 0.15) is 0 Å². The van der Waals surface area contributed by atoms with E-state index in [9.17, 15) is 4.79 Å². The number of hydrogen-bond acceptors (Lipinski definition) is 4. The molecule has 1 heterocycles. The highest BCUT2D eigenvalue weighted by molar-refractivity contribution is 8.15. The second kappa shape index (κ2) is 5.46. The van der Waals surface area contributed by atoms with Gasteiger partial charge in [-0.1, -0.05) is 48.2 Å². The highest BCUT2D eigenvalue weighted by Gasteiger charge is 2.16. The van der Waals surface area contributed by atoms with E-state index in [1.807, 2.05) is 25.1 Å². The maximum atomic E-state index is 11.1. The normalized spacial score (nSPS) is 17.8. The molecule has 2 aromatic rings. The fourth-order valence-electron chi connectivity index (χ4n) is 1.97. The van der Waals surface area contributed by atoms with Crippen molar-refractivity contribution in [1.82, 2.24) is 5.32 Å². The summed E-state index contributed by atoms with van der Waals surface area (Å²) < 4.78 is 0. The summed E-state index contributed by atoms with van der Waals surface area (Å²) in [7, 11) is 0. The Morgan fingerprint density at radius 3 is 2.75 bits per heavy atom. The molecule has 0 aromatic heterocycles. The summed E-state index contributed by atoms with van der Waals surface area (Å²) in [4.78, 5) is 11.1. The standard InChI is InChI=1S/C15H13N3OS/c1-10(17-18-15-16-14(19)9-20-15)12-7-6-11-4-2-3-5-13(11)8-12/h2-8H,9H2,1H3,(H,16,18,19)/b17-10+. The molecule has 0 spiro atoms. The van der Waals surface area contributed by atoms with E-state index in [0.29, 0.717) is 10.9 Å². The summed E-state index contributed by atoms with van der Waals surface area (Å²) in [5, 5.41) is 13.9. The van der Waals surface area contributed by atoms with Gasteiger partial charge in [0.05, 0.1) is 11.5 Å². The van der Waals surface area contributed by atoms with Crippen molar-refractivity contribution in [2.45, 2.75) is 6.92 Å². The zero-order valence-electron chi connectivity index (χ0n) is 11.0. The van der Waals surface area contributed by atoms with E-state index in [1.165, 1.54) is 22.5 Å². The number of amides is 1. The minimum absolute atomic E-state index is 0.0210. The van der Waals surface area contributed by atoms with Crippen molar-refractivity contribution in [3.8, 4) is 0 Å². The maximum Gasteiger partial charge on any atom is 0.236 e. The van der Waals surface area contributed by atoms with Crippen molar-refractivity contribution >= 4 is 39.3 Å². The molecule has 0 unspecified atom stereocenters. The molecular formula is C15H13N3OS. The largest absolute Gasteiger partial charge is 0.303 e. The Hall–Kier alpha value is -2.14. The minimum atomic E-state index is -0.0210. The number of carbonyl (C=O) groups is 1. The fourth-order valence-corrected chi connectivity index (χ4v) is 2.60. The number of rotatable bonds is 2. The van der Waals surface area contributed by atoms with Gasteiger partial charge in [-0.3, -0.25) is 4.79 Å².